The number of anilines is 1. The Bertz CT molecular complexity index is 864. The molecule has 2 aromatic rings. The Labute approximate surface area is 162 Å². The highest BCUT2D eigenvalue weighted by atomic mass is 32.2. The molecule has 0 aromatic heterocycles. The van der Waals surface area contributed by atoms with Gasteiger partial charge in [-0.05, 0) is 36.5 Å². The van der Waals surface area contributed by atoms with Crippen LogP contribution < -0.4 is 9.62 Å². The molecule has 0 bridgehead atoms. The van der Waals surface area contributed by atoms with Crippen LogP contribution in [0.2, 0.25) is 0 Å². The number of benzene rings is 2. The van der Waals surface area contributed by atoms with E-state index in [1.165, 1.54) is 0 Å². The average molecular weight is 389 g/mol. The van der Waals surface area contributed by atoms with Crippen molar-refractivity contribution in [1.29, 1.82) is 0 Å². The highest BCUT2D eigenvalue weighted by Gasteiger charge is 2.24. The molecular weight excluding hydrogens is 360 g/mol. The molecule has 6 heteroatoms. The Balaban J connectivity index is 2.22. The maximum atomic E-state index is 12.7. The molecule has 146 valence electrons. The molecule has 0 radical (unpaired) electrons. The number of hydrogen-bond acceptors (Lipinski definition) is 3. The van der Waals surface area contributed by atoms with Gasteiger partial charge in [0, 0.05) is 0 Å². The maximum absolute atomic E-state index is 12.7. The fourth-order valence-electron chi connectivity index (χ4n) is 3.03. The number of nitrogens with zero attached hydrogens (tertiary/aromatic N) is 1. The Morgan fingerprint density at radius 1 is 1.04 bits per heavy atom. The van der Waals surface area contributed by atoms with Crippen molar-refractivity contribution in [3.63, 3.8) is 0 Å². The zero-order valence-electron chi connectivity index (χ0n) is 16.3. The van der Waals surface area contributed by atoms with Crippen LogP contribution in [0.15, 0.2) is 54.6 Å². The SMILES string of the molecule is Cc1ccccc1N(CC(=O)N[C@@H](CC(C)C)c1ccccc1)S(C)(=O)=O. The minimum Gasteiger partial charge on any atom is -0.348 e. The van der Waals surface area contributed by atoms with E-state index in [-0.39, 0.29) is 18.5 Å². The van der Waals surface area contributed by atoms with E-state index in [9.17, 15) is 13.2 Å². The van der Waals surface area contributed by atoms with Crippen LogP contribution in [0, 0.1) is 12.8 Å². The summed E-state index contributed by atoms with van der Waals surface area (Å²) in [6.07, 6.45) is 1.90. The quantitative estimate of drug-likeness (QED) is 0.750. The van der Waals surface area contributed by atoms with E-state index in [1.54, 1.807) is 12.1 Å². The summed E-state index contributed by atoms with van der Waals surface area (Å²) in [5.41, 5.74) is 2.34. The number of para-hydroxylation sites is 1. The van der Waals surface area contributed by atoms with Crippen molar-refractivity contribution >= 4 is 21.6 Å². The number of sulfonamides is 1. The molecule has 0 saturated heterocycles. The van der Waals surface area contributed by atoms with E-state index < -0.39 is 10.0 Å². The zero-order chi connectivity index (χ0) is 20.0. The van der Waals surface area contributed by atoms with Crippen LogP contribution in [0.25, 0.3) is 0 Å². The number of amides is 1. The first-order valence-electron chi connectivity index (χ1n) is 9.06. The smallest absolute Gasteiger partial charge is 0.241 e. The molecule has 0 heterocycles. The summed E-state index contributed by atoms with van der Waals surface area (Å²) < 4.78 is 25.8. The molecule has 1 amide bonds. The van der Waals surface area contributed by atoms with Gasteiger partial charge in [-0.25, -0.2) is 8.42 Å². The lowest BCUT2D eigenvalue weighted by molar-refractivity contribution is -0.120. The monoisotopic (exact) mass is 388 g/mol. The second-order valence-electron chi connectivity index (χ2n) is 7.22. The summed E-state index contributed by atoms with van der Waals surface area (Å²) in [4.78, 5) is 12.7. The highest BCUT2D eigenvalue weighted by molar-refractivity contribution is 7.92. The van der Waals surface area contributed by atoms with Crippen molar-refractivity contribution in [3.8, 4) is 0 Å². The summed E-state index contributed by atoms with van der Waals surface area (Å²) in [6, 6.07) is 16.8. The molecule has 0 fully saturated rings. The number of carbonyl (C=O) groups is 1. The van der Waals surface area contributed by atoms with Gasteiger partial charge in [-0.15, -0.1) is 0 Å². The van der Waals surface area contributed by atoms with Crippen molar-refractivity contribution in [2.45, 2.75) is 33.2 Å². The molecular formula is C21H28N2O3S. The zero-order valence-corrected chi connectivity index (χ0v) is 17.2. The van der Waals surface area contributed by atoms with Gasteiger partial charge in [0.1, 0.15) is 6.54 Å². The first kappa shape index (κ1) is 21.0. The van der Waals surface area contributed by atoms with Gasteiger partial charge >= 0.3 is 0 Å². The molecule has 27 heavy (non-hydrogen) atoms. The molecule has 5 nitrogen and oxygen atoms in total. The highest BCUT2D eigenvalue weighted by Crippen LogP contribution is 2.23. The van der Waals surface area contributed by atoms with Crippen LogP contribution in [-0.4, -0.2) is 27.1 Å². The molecule has 0 aliphatic carbocycles. The van der Waals surface area contributed by atoms with Crippen LogP contribution >= 0.6 is 0 Å². The predicted molar refractivity (Wildman–Crippen MR) is 110 cm³/mol. The van der Waals surface area contributed by atoms with Crippen LogP contribution in [0.1, 0.15) is 37.4 Å². The lowest BCUT2D eigenvalue weighted by Gasteiger charge is -2.26. The summed E-state index contributed by atoms with van der Waals surface area (Å²) >= 11 is 0. The van der Waals surface area contributed by atoms with Gasteiger partial charge in [0.15, 0.2) is 0 Å². The molecule has 0 spiro atoms. The fraction of sp³-hybridized carbons (Fsp3) is 0.381. The number of rotatable bonds is 8. The van der Waals surface area contributed by atoms with Gasteiger partial charge in [-0.1, -0.05) is 62.4 Å². The van der Waals surface area contributed by atoms with Crippen LogP contribution in [0.4, 0.5) is 5.69 Å². The van der Waals surface area contributed by atoms with Crippen molar-refractivity contribution < 1.29 is 13.2 Å². The number of carbonyl (C=O) groups excluding carboxylic acids is 1. The first-order valence-corrected chi connectivity index (χ1v) is 10.9. The van der Waals surface area contributed by atoms with Crippen LogP contribution in [0.5, 0.6) is 0 Å². The molecule has 0 unspecified atom stereocenters. The van der Waals surface area contributed by atoms with Crippen molar-refractivity contribution in [2.75, 3.05) is 17.1 Å². The van der Waals surface area contributed by atoms with E-state index in [0.717, 1.165) is 28.1 Å². The van der Waals surface area contributed by atoms with E-state index in [0.29, 0.717) is 11.6 Å². The average Bonchev–Trinajstić information content (AvgIpc) is 2.59. The van der Waals surface area contributed by atoms with Gasteiger partial charge < -0.3 is 5.32 Å². The molecule has 1 N–H and O–H groups in total. The Morgan fingerprint density at radius 3 is 2.19 bits per heavy atom. The first-order chi connectivity index (χ1) is 12.7. The maximum Gasteiger partial charge on any atom is 0.241 e. The number of nitrogens with one attached hydrogen (secondary N) is 1. The molecule has 0 saturated carbocycles. The van der Waals surface area contributed by atoms with Gasteiger partial charge in [-0.2, -0.15) is 0 Å². The third-order valence-corrected chi connectivity index (χ3v) is 5.44. The molecule has 2 aromatic carbocycles. The third kappa shape index (κ3) is 6.10. The van der Waals surface area contributed by atoms with Crippen LogP contribution in [0.3, 0.4) is 0 Å². The molecule has 1 atom stereocenters. The summed E-state index contributed by atoms with van der Waals surface area (Å²) in [7, 11) is -3.59. The van der Waals surface area contributed by atoms with Gasteiger partial charge in [0.25, 0.3) is 0 Å². The fourth-order valence-corrected chi connectivity index (χ4v) is 3.94. The summed E-state index contributed by atoms with van der Waals surface area (Å²) in [5.74, 6) is 0.0658. The predicted octanol–water partition coefficient (Wildman–Crippen LogP) is 3.66. The number of aryl methyl sites for hydroxylation is 1. The van der Waals surface area contributed by atoms with Crippen molar-refractivity contribution in [1.82, 2.24) is 5.32 Å². The van der Waals surface area contributed by atoms with E-state index >= 15 is 0 Å². The second kappa shape index (κ2) is 9.04. The van der Waals surface area contributed by atoms with Gasteiger partial charge in [0.05, 0.1) is 18.0 Å². The van der Waals surface area contributed by atoms with Crippen molar-refractivity contribution in [2.24, 2.45) is 5.92 Å². The van der Waals surface area contributed by atoms with Gasteiger partial charge in [-0.3, -0.25) is 9.10 Å². The lowest BCUT2D eigenvalue weighted by Crippen LogP contribution is -2.42. The second-order valence-corrected chi connectivity index (χ2v) is 9.12. The Kier molecular flexibility index (Phi) is 7.02. The molecule has 0 aliphatic rings. The Morgan fingerprint density at radius 2 is 1.63 bits per heavy atom. The van der Waals surface area contributed by atoms with E-state index in [2.05, 4.69) is 19.2 Å². The Hall–Kier alpha value is -2.34. The van der Waals surface area contributed by atoms with Crippen molar-refractivity contribution in [3.05, 3.63) is 65.7 Å². The van der Waals surface area contributed by atoms with E-state index in [4.69, 9.17) is 0 Å². The lowest BCUT2D eigenvalue weighted by atomic mass is 9.97. The largest absolute Gasteiger partial charge is 0.348 e. The minimum atomic E-state index is -3.59. The van der Waals surface area contributed by atoms with Crippen LogP contribution in [-0.2, 0) is 14.8 Å². The summed E-state index contributed by atoms with van der Waals surface area (Å²) in [6.45, 7) is 5.78. The molecule has 0 aliphatic heterocycles. The summed E-state index contributed by atoms with van der Waals surface area (Å²) in [5, 5.41) is 3.01. The van der Waals surface area contributed by atoms with Gasteiger partial charge in [0.2, 0.25) is 15.9 Å². The minimum absolute atomic E-state index is 0.156. The van der Waals surface area contributed by atoms with E-state index in [1.807, 2.05) is 49.4 Å². The standard InChI is InChI=1S/C21H28N2O3S/c1-16(2)14-19(18-11-6-5-7-12-18)22-21(24)15-23(27(4,25)26)20-13-9-8-10-17(20)3/h5-13,16,19H,14-15H2,1-4H3,(H,22,24)/t19-/m0/s1. The normalized spacial score (nSPS) is 12.6. The number of hydrogen-bond donors (Lipinski definition) is 1. The third-order valence-electron chi connectivity index (χ3n) is 4.32. The molecule has 2 rings (SSSR count). The topological polar surface area (TPSA) is 66.5 Å².